The van der Waals surface area contributed by atoms with E-state index in [0.29, 0.717) is 13.1 Å². The summed E-state index contributed by atoms with van der Waals surface area (Å²) in [5.74, 6) is 0.0417. The molecule has 0 aromatic carbocycles. The third-order valence-corrected chi connectivity index (χ3v) is 2.39. The molecule has 3 N–H and O–H groups in total. The van der Waals surface area contributed by atoms with Crippen LogP contribution in [0.3, 0.4) is 0 Å². The molecule has 16 heavy (non-hydrogen) atoms. The summed E-state index contributed by atoms with van der Waals surface area (Å²) < 4.78 is 0. The van der Waals surface area contributed by atoms with Crippen LogP contribution >= 0.6 is 12.4 Å². The zero-order valence-corrected chi connectivity index (χ0v) is 10.5. The van der Waals surface area contributed by atoms with Gasteiger partial charge in [-0.1, -0.05) is 13.8 Å². The average Bonchev–Trinajstić information content (AvgIpc) is 2.08. The molecule has 0 radical (unpaired) electrons. The maximum atomic E-state index is 11.3. The van der Waals surface area contributed by atoms with Crippen LogP contribution in [0.15, 0.2) is 0 Å². The Balaban J connectivity index is 0.00000225. The van der Waals surface area contributed by atoms with Gasteiger partial charge in [0.05, 0.1) is 6.04 Å². The fraction of sp³-hybridized carbons (Fsp3) is 0.800. The van der Waals surface area contributed by atoms with E-state index >= 15 is 0 Å². The predicted octanol–water partition coefficient (Wildman–Crippen LogP) is -0.341. The number of rotatable bonds is 5. The Morgan fingerprint density at radius 1 is 1.31 bits per heavy atom. The van der Waals surface area contributed by atoms with Crippen molar-refractivity contribution in [1.82, 2.24) is 16.0 Å². The van der Waals surface area contributed by atoms with Crippen LogP contribution < -0.4 is 16.0 Å². The SMILES string of the molecule is CC(C)C(=O)NCCNC(=O)[C@H]1CCN1.Cl. The highest BCUT2D eigenvalue weighted by atomic mass is 35.5. The lowest BCUT2D eigenvalue weighted by molar-refractivity contribution is -0.126. The number of amides is 2. The molecule has 94 valence electrons. The lowest BCUT2D eigenvalue weighted by Gasteiger charge is -2.26. The minimum atomic E-state index is -0.0224. The normalized spacial score (nSPS) is 18.3. The average molecular weight is 250 g/mol. The topological polar surface area (TPSA) is 70.2 Å². The lowest BCUT2D eigenvalue weighted by Crippen LogP contribution is -2.54. The van der Waals surface area contributed by atoms with Gasteiger partial charge in [0.25, 0.3) is 0 Å². The Bertz CT molecular complexity index is 242. The first-order valence-corrected chi connectivity index (χ1v) is 5.40. The van der Waals surface area contributed by atoms with Crippen molar-refractivity contribution in [2.24, 2.45) is 5.92 Å². The molecule has 1 heterocycles. The van der Waals surface area contributed by atoms with E-state index in [2.05, 4.69) is 16.0 Å². The monoisotopic (exact) mass is 249 g/mol. The summed E-state index contributed by atoms with van der Waals surface area (Å²) in [5, 5.41) is 8.51. The van der Waals surface area contributed by atoms with E-state index in [-0.39, 0.29) is 36.2 Å². The summed E-state index contributed by atoms with van der Waals surface area (Å²) in [6, 6.07) is -0.0224. The largest absolute Gasteiger partial charge is 0.354 e. The van der Waals surface area contributed by atoms with Crippen molar-refractivity contribution in [1.29, 1.82) is 0 Å². The van der Waals surface area contributed by atoms with Gasteiger partial charge >= 0.3 is 0 Å². The lowest BCUT2D eigenvalue weighted by atomic mass is 10.1. The molecule has 6 heteroatoms. The first-order chi connectivity index (χ1) is 7.11. The Kier molecular flexibility index (Phi) is 7.08. The van der Waals surface area contributed by atoms with Gasteiger partial charge in [-0.05, 0) is 13.0 Å². The molecule has 0 aliphatic carbocycles. The minimum Gasteiger partial charge on any atom is -0.354 e. The van der Waals surface area contributed by atoms with Crippen LogP contribution in [0.2, 0.25) is 0 Å². The molecule has 1 fully saturated rings. The molecule has 0 spiro atoms. The number of hydrogen-bond donors (Lipinski definition) is 3. The Morgan fingerprint density at radius 2 is 1.88 bits per heavy atom. The smallest absolute Gasteiger partial charge is 0.237 e. The van der Waals surface area contributed by atoms with Crippen molar-refractivity contribution < 1.29 is 9.59 Å². The molecule has 0 aromatic heterocycles. The number of carbonyl (C=O) groups excluding carboxylic acids is 2. The Hall–Kier alpha value is -0.810. The van der Waals surface area contributed by atoms with Gasteiger partial charge in [-0.3, -0.25) is 9.59 Å². The van der Waals surface area contributed by atoms with E-state index in [1.165, 1.54) is 0 Å². The van der Waals surface area contributed by atoms with Crippen LogP contribution in [0.25, 0.3) is 0 Å². The number of carbonyl (C=O) groups is 2. The zero-order valence-electron chi connectivity index (χ0n) is 9.71. The quantitative estimate of drug-likeness (QED) is 0.584. The molecule has 0 aromatic rings. The van der Waals surface area contributed by atoms with Crippen LogP contribution in [0, 0.1) is 5.92 Å². The van der Waals surface area contributed by atoms with Crippen LogP contribution in [0.4, 0.5) is 0 Å². The van der Waals surface area contributed by atoms with Crippen LogP contribution in [-0.4, -0.2) is 37.5 Å². The van der Waals surface area contributed by atoms with Gasteiger partial charge in [-0.15, -0.1) is 12.4 Å². The maximum absolute atomic E-state index is 11.3. The standard InChI is InChI=1S/C10H19N3O2.ClH/c1-7(2)9(14)12-5-6-13-10(15)8-3-4-11-8;/h7-8,11H,3-6H2,1-2H3,(H,12,14)(H,13,15);1H/t8-;/m1./s1. The van der Waals surface area contributed by atoms with Gasteiger partial charge in [0.15, 0.2) is 0 Å². The summed E-state index contributed by atoms with van der Waals surface area (Å²) in [6.07, 6.45) is 0.907. The van der Waals surface area contributed by atoms with Crippen molar-refractivity contribution in [3.05, 3.63) is 0 Å². The molecule has 1 rings (SSSR count). The van der Waals surface area contributed by atoms with Crippen molar-refractivity contribution in [2.45, 2.75) is 26.3 Å². The molecule has 5 nitrogen and oxygen atoms in total. The maximum Gasteiger partial charge on any atom is 0.237 e. The summed E-state index contributed by atoms with van der Waals surface area (Å²) in [6.45, 7) is 5.59. The highest BCUT2D eigenvalue weighted by Gasteiger charge is 2.23. The van der Waals surface area contributed by atoms with Crippen molar-refractivity contribution >= 4 is 24.2 Å². The molecule has 1 saturated heterocycles. The molecule has 0 saturated carbocycles. The first kappa shape index (κ1) is 15.2. The number of halogens is 1. The Labute approximate surface area is 102 Å². The molecule has 1 atom stereocenters. The van der Waals surface area contributed by atoms with E-state index in [9.17, 15) is 9.59 Å². The van der Waals surface area contributed by atoms with E-state index < -0.39 is 0 Å². The molecule has 1 aliphatic heterocycles. The highest BCUT2D eigenvalue weighted by molar-refractivity contribution is 5.85. The van der Waals surface area contributed by atoms with E-state index in [1.807, 2.05) is 13.8 Å². The summed E-state index contributed by atoms with van der Waals surface area (Å²) >= 11 is 0. The van der Waals surface area contributed by atoms with Crippen molar-refractivity contribution in [2.75, 3.05) is 19.6 Å². The molecule has 1 aliphatic rings. The van der Waals surface area contributed by atoms with Crippen LogP contribution in [-0.2, 0) is 9.59 Å². The Morgan fingerprint density at radius 3 is 2.31 bits per heavy atom. The molecular weight excluding hydrogens is 230 g/mol. The number of nitrogens with one attached hydrogen (secondary N) is 3. The van der Waals surface area contributed by atoms with E-state index in [1.54, 1.807) is 0 Å². The second-order valence-electron chi connectivity index (χ2n) is 4.03. The van der Waals surface area contributed by atoms with Gasteiger partial charge in [0.1, 0.15) is 0 Å². The summed E-state index contributed by atoms with van der Waals surface area (Å²) in [5.41, 5.74) is 0. The van der Waals surface area contributed by atoms with Gasteiger partial charge in [0.2, 0.25) is 11.8 Å². The number of hydrogen-bond acceptors (Lipinski definition) is 3. The van der Waals surface area contributed by atoms with Gasteiger partial charge in [0, 0.05) is 19.0 Å². The molecule has 0 unspecified atom stereocenters. The third-order valence-electron chi connectivity index (χ3n) is 2.39. The van der Waals surface area contributed by atoms with Crippen LogP contribution in [0.1, 0.15) is 20.3 Å². The van der Waals surface area contributed by atoms with Crippen LogP contribution in [0.5, 0.6) is 0 Å². The van der Waals surface area contributed by atoms with Gasteiger partial charge in [-0.2, -0.15) is 0 Å². The fourth-order valence-electron chi connectivity index (χ4n) is 1.21. The fourth-order valence-corrected chi connectivity index (χ4v) is 1.21. The van der Waals surface area contributed by atoms with Crippen molar-refractivity contribution in [3.63, 3.8) is 0 Å². The third kappa shape index (κ3) is 4.81. The molecule has 2 amide bonds. The minimum absolute atomic E-state index is 0. The molecular formula is C10H20ClN3O2. The second kappa shape index (κ2) is 7.46. The van der Waals surface area contributed by atoms with Gasteiger partial charge in [-0.25, -0.2) is 0 Å². The van der Waals surface area contributed by atoms with E-state index in [0.717, 1.165) is 13.0 Å². The van der Waals surface area contributed by atoms with E-state index in [4.69, 9.17) is 0 Å². The second-order valence-corrected chi connectivity index (χ2v) is 4.03. The zero-order chi connectivity index (χ0) is 11.3. The predicted molar refractivity (Wildman–Crippen MR) is 64.5 cm³/mol. The van der Waals surface area contributed by atoms with Gasteiger partial charge < -0.3 is 16.0 Å². The highest BCUT2D eigenvalue weighted by Crippen LogP contribution is 2.00. The first-order valence-electron chi connectivity index (χ1n) is 5.40. The summed E-state index contributed by atoms with van der Waals surface area (Å²) in [4.78, 5) is 22.5. The molecule has 0 bridgehead atoms. The van der Waals surface area contributed by atoms with Crippen molar-refractivity contribution in [3.8, 4) is 0 Å². The summed E-state index contributed by atoms with van der Waals surface area (Å²) in [7, 11) is 0.